The van der Waals surface area contributed by atoms with Crippen molar-refractivity contribution in [3.8, 4) is 0 Å². The second kappa shape index (κ2) is 31.2. The van der Waals surface area contributed by atoms with Crippen molar-refractivity contribution in [3.63, 3.8) is 0 Å². The van der Waals surface area contributed by atoms with Gasteiger partial charge >= 0.3 is 0 Å². The van der Waals surface area contributed by atoms with Crippen LogP contribution < -0.4 is 0 Å². The molecule has 0 aliphatic carbocycles. The van der Waals surface area contributed by atoms with Crippen molar-refractivity contribution < 1.29 is 0 Å². The summed E-state index contributed by atoms with van der Waals surface area (Å²) in [5.41, 5.74) is 0. The summed E-state index contributed by atoms with van der Waals surface area (Å²) in [5.74, 6) is 1.91. The van der Waals surface area contributed by atoms with Gasteiger partial charge in [0.1, 0.15) is 0 Å². The molecule has 0 aromatic carbocycles. The largest absolute Gasteiger partial charge is 0.0654 e. The average Bonchev–Trinajstić information content (AvgIpc) is 2.86. The zero-order chi connectivity index (χ0) is 26.4. The highest BCUT2D eigenvalue weighted by atomic mass is 14.1. The third kappa shape index (κ3) is 30.2. The first-order chi connectivity index (χ1) is 17.7. The molecule has 36 heavy (non-hydrogen) atoms. The van der Waals surface area contributed by atoms with Crippen LogP contribution in [0, 0.1) is 11.8 Å². The summed E-state index contributed by atoms with van der Waals surface area (Å²) < 4.78 is 0. The summed E-state index contributed by atoms with van der Waals surface area (Å²) in [5, 5.41) is 0. The number of hydrogen-bond donors (Lipinski definition) is 0. The molecular formula is C36H74. The van der Waals surface area contributed by atoms with Gasteiger partial charge in [-0.1, -0.05) is 220 Å². The molecule has 0 amide bonds. The lowest BCUT2D eigenvalue weighted by atomic mass is 9.93. The smallest absolute Gasteiger partial charge is 0.0443 e. The Bertz CT molecular complexity index is 372. The van der Waals surface area contributed by atoms with Crippen LogP contribution in [0.4, 0.5) is 0 Å². The lowest BCUT2D eigenvalue weighted by molar-refractivity contribution is 0.398. The minimum atomic E-state index is 0.950. The minimum absolute atomic E-state index is 0.950. The number of hydrogen-bond acceptors (Lipinski definition) is 0. The number of unbranched alkanes of at least 4 members (excludes halogenated alkanes) is 23. The van der Waals surface area contributed by atoms with Gasteiger partial charge in [-0.25, -0.2) is 0 Å². The molecule has 0 aliphatic rings. The van der Waals surface area contributed by atoms with Crippen LogP contribution in [0.25, 0.3) is 0 Å². The van der Waals surface area contributed by atoms with Crippen LogP contribution in [0.2, 0.25) is 0 Å². The summed E-state index contributed by atoms with van der Waals surface area (Å²) in [6, 6.07) is 0. The Morgan fingerprint density at radius 3 is 0.806 bits per heavy atom. The van der Waals surface area contributed by atoms with E-state index in [2.05, 4.69) is 27.7 Å². The Morgan fingerprint density at radius 2 is 0.500 bits per heavy atom. The maximum Gasteiger partial charge on any atom is -0.0443 e. The van der Waals surface area contributed by atoms with E-state index in [0.29, 0.717) is 0 Å². The summed E-state index contributed by atoms with van der Waals surface area (Å²) in [6.07, 6.45) is 44.2. The minimum Gasteiger partial charge on any atom is -0.0654 e. The second-order valence-electron chi connectivity index (χ2n) is 12.9. The van der Waals surface area contributed by atoms with Gasteiger partial charge in [0.05, 0.1) is 0 Å². The zero-order valence-electron chi connectivity index (χ0n) is 26.4. The Labute approximate surface area is 232 Å². The van der Waals surface area contributed by atoms with Gasteiger partial charge in [-0.15, -0.1) is 0 Å². The molecule has 2 atom stereocenters. The average molecular weight is 507 g/mol. The summed E-state index contributed by atoms with van der Waals surface area (Å²) in [4.78, 5) is 0. The van der Waals surface area contributed by atoms with Gasteiger partial charge in [0.25, 0.3) is 0 Å². The predicted molar refractivity (Wildman–Crippen MR) is 168 cm³/mol. The molecule has 0 heterocycles. The van der Waals surface area contributed by atoms with E-state index in [4.69, 9.17) is 0 Å². The second-order valence-corrected chi connectivity index (χ2v) is 12.9. The first kappa shape index (κ1) is 36.0. The Balaban J connectivity index is 3.12. The lowest BCUT2D eigenvalue weighted by Crippen LogP contribution is -1.99. The van der Waals surface area contributed by atoms with Crippen LogP contribution in [0.15, 0.2) is 0 Å². The Hall–Kier alpha value is 0. The molecule has 0 radical (unpaired) electrons. The highest BCUT2D eigenvalue weighted by Gasteiger charge is 2.05. The lowest BCUT2D eigenvalue weighted by Gasteiger charge is -2.13. The number of rotatable bonds is 31. The van der Waals surface area contributed by atoms with Gasteiger partial charge in [0, 0.05) is 0 Å². The molecule has 0 saturated carbocycles. The van der Waals surface area contributed by atoms with E-state index in [1.165, 1.54) is 193 Å². The fraction of sp³-hybridized carbons (Fsp3) is 1.00. The van der Waals surface area contributed by atoms with E-state index in [9.17, 15) is 0 Å². The van der Waals surface area contributed by atoms with Gasteiger partial charge < -0.3 is 0 Å². The fourth-order valence-electron chi connectivity index (χ4n) is 6.05. The molecule has 0 heteroatoms. The molecule has 0 rings (SSSR count). The van der Waals surface area contributed by atoms with Crippen LogP contribution in [0.1, 0.15) is 220 Å². The molecule has 0 spiro atoms. The molecule has 0 aliphatic heterocycles. The monoisotopic (exact) mass is 507 g/mol. The van der Waals surface area contributed by atoms with E-state index < -0.39 is 0 Å². The standard InChI is InChI=1S/C36H74/c1-5-7-8-9-10-11-12-13-14-15-16-17-18-19-20-21-22-23-24-25-26-27-28-29-32-36(4)34-30-33-35(3)31-6-2/h35-36H,5-34H2,1-4H3. The molecule has 0 saturated heterocycles. The first-order valence-electron chi connectivity index (χ1n) is 17.7. The van der Waals surface area contributed by atoms with Crippen LogP contribution in [0.5, 0.6) is 0 Å². The van der Waals surface area contributed by atoms with Gasteiger partial charge in [-0.2, -0.15) is 0 Å². The maximum absolute atomic E-state index is 2.49. The van der Waals surface area contributed by atoms with Crippen LogP contribution >= 0.6 is 0 Å². The van der Waals surface area contributed by atoms with Crippen LogP contribution in [-0.2, 0) is 0 Å². The fourth-order valence-corrected chi connectivity index (χ4v) is 6.05. The summed E-state index contributed by atoms with van der Waals surface area (Å²) in [7, 11) is 0. The zero-order valence-corrected chi connectivity index (χ0v) is 26.4. The molecule has 2 unspecified atom stereocenters. The van der Waals surface area contributed by atoms with Crippen molar-refractivity contribution in [1.29, 1.82) is 0 Å². The van der Waals surface area contributed by atoms with Crippen molar-refractivity contribution >= 4 is 0 Å². The van der Waals surface area contributed by atoms with E-state index in [0.717, 1.165) is 11.8 Å². The van der Waals surface area contributed by atoms with E-state index in [1.807, 2.05) is 0 Å². The van der Waals surface area contributed by atoms with Crippen molar-refractivity contribution in [2.45, 2.75) is 220 Å². The molecular weight excluding hydrogens is 432 g/mol. The maximum atomic E-state index is 2.49. The SMILES string of the molecule is CCCCCCCCCCCCCCCCCCCCCCCCCCC(C)CCCC(C)CCC. The van der Waals surface area contributed by atoms with Crippen molar-refractivity contribution in [3.05, 3.63) is 0 Å². The summed E-state index contributed by atoms with van der Waals surface area (Å²) in [6.45, 7) is 9.56. The van der Waals surface area contributed by atoms with Gasteiger partial charge in [-0.3, -0.25) is 0 Å². The van der Waals surface area contributed by atoms with E-state index in [1.54, 1.807) is 0 Å². The molecule has 0 N–H and O–H groups in total. The quantitative estimate of drug-likeness (QED) is 0.0820. The van der Waals surface area contributed by atoms with Crippen molar-refractivity contribution in [2.24, 2.45) is 11.8 Å². The predicted octanol–water partition coefficient (Wildman–Crippen LogP) is 14.0. The Kier molecular flexibility index (Phi) is 31.2. The highest BCUT2D eigenvalue weighted by molar-refractivity contribution is 4.58. The molecule has 0 nitrogen and oxygen atoms in total. The first-order valence-corrected chi connectivity index (χ1v) is 17.7. The van der Waals surface area contributed by atoms with Crippen LogP contribution in [-0.4, -0.2) is 0 Å². The molecule has 218 valence electrons. The normalized spacial score (nSPS) is 13.3. The summed E-state index contributed by atoms with van der Waals surface area (Å²) >= 11 is 0. The molecule has 0 fully saturated rings. The van der Waals surface area contributed by atoms with Gasteiger partial charge in [0.2, 0.25) is 0 Å². The third-order valence-corrected chi connectivity index (χ3v) is 8.73. The topological polar surface area (TPSA) is 0 Å². The molecule has 0 aromatic heterocycles. The highest BCUT2D eigenvalue weighted by Crippen LogP contribution is 2.21. The van der Waals surface area contributed by atoms with E-state index in [-0.39, 0.29) is 0 Å². The van der Waals surface area contributed by atoms with Crippen LogP contribution in [0.3, 0.4) is 0 Å². The van der Waals surface area contributed by atoms with Gasteiger partial charge in [-0.05, 0) is 11.8 Å². The van der Waals surface area contributed by atoms with E-state index >= 15 is 0 Å². The van der Waals surface area contributed by atoms with Crippen molar-refractivity contribution in [1.82, 2.24) is 0 Å². The third-order valence-electron chi connectivity index (χ3n) is 8.73. The van der Waals surface area contributed by atoms with Crippen molar-refractivity contribution in [2.75, 3.05) is 0 Å². The molecule has 0 bridgehead atoms. The van der Waals surface area contributed by atoms with Gasteiger partial charge in [0.15, 0.2) is 0 Å². The molecule has 0 aromatic rings. The Morgan fingerprint density at radius 1 is 0.250 bits per heavy atom.